The summed E-state index contributed by atoms with van der Waals surface area (Å²) >= 11 is 5.40. The predicted octanol–water partition coefficient (Wildman–Crippen LogP) is 3.62. The van der Waals surface area contributed by atoms with Crippen LogP contribution in [0.4, 0.5) is 5.69 Å². The molecule has 0 saturated heterocycles. The molecule has 0 saturated carbocycles. The van der Waals surface area contributed by atoms with Crippen molar-refractivity contribution in [2.75, 3.05) is 16.9 Å². The second kappa shape index (κ2) is 7.04. The zero-order chi connectivity index (χ0) is 11.1. The molecule has 0 spiro atoms. The Morgan fingerprint density at radius 3 is 3.00 bits per heavy atom. The molecule has 0 atom stereocenters. The van der Waals surface area contributed by atoms with E-state index in [1.165, 1.54) is 0 Å². The summed E-state index contributed by atoms with van der Waals surface area (Å²) in [5.74, 6) is 0.867. The number of nitrogens with one attached hydrogen (secondary N) is 1. The molecule has 0 bridgehead atoms. The van der Waals surface area contributed by atoms with Crippen LogP contribution >= 0.6 is 33.2 Å². The molecule has 1 N–H and O–H groups in total. The molecule has 0 aliphatic rings. The van der Waals surface area contributed by atoms with Gasteiger partial charge < -0.3 is 5.32 Å². The van der Waals surface area contributed by atoms with Gasteiger partial charge in [0.05, 0.1) is 0 Å². The largest absolute Gasteiger partial charge is 0.325 e. The number of alkyl halides is 1. The van der Waals surface area contributed by atoms with Crippen LogP contribution in [0.15, 0.2) is 29.2 Å². The number of halogens is 1. The van der Waals surface area contributed by atoms with Crippen molar-refractivity contribution in [2.24, 2.45) is 0 Å². The summed E-state index contributed by atoms with van der Waals surface area (Å²) in [6.45, 7) is 2.11. The maximum Gasteiger partial charge on any atom is 0.239 e. The van der Waals surface area contributed by atoms with E-state index in [0.717, 1.165) is 16.3 Å². The van der Waals surface area contributed by atoms with Crippen molar-refractivity contribution in [1.29, 1.82) is 0 Å². The molecular weight excluding hydrogens is 250 g/mol. The Hall–Kier alpha value is -0.320. The van der Waals surface area contributed by atoms with E-state index in [9.17, 15) is 4.79 Å². The van der Waals surface area contributed by atoms with Gasteiger partial charge in [0.1, 0.15) is 5.88 Å². The third-order valence-electron chi connectivity index (χ3n) is 1.51. The minimum atomic E-state index is -0.179. The van der Waals surface area contributed by atoms with Crippen molar-refractivity contribution in [2.45, 2.75) is 11.8 Å². The van der Waals surface area contributed by atoms with Crippen molar-refractivity contribution in [3.63, 3.8) is 0 Å². The minimum Gasteiger partial charge on any atom is -0.325 e. The molecule has 15 heavy (non-hydrogen) atoms. The molecule has 0 fully saturated rings. The van der Waals surface area contributed by atoms with Crippen molar-refractivity contribution < 1.29 is 4.79 Å². The molecule has 0 aromatic heterocycles. The lowest BCUT2D eigenvalue weighted by Gasteiger charge is -2.04. The van der Waals surface area contributed by atoms with Crippen LogP contribution in [0.25, 0.3) is 0 Å². The fraction of sp³-hybridized carbons (Fsp3) is 0.300. The Balaban J connectivity index is 2.61. The molecule has 1 amide bonds. The lowest BCUT2D eigenvalue weighted by atomic mass is 10.3. The van der Waals surface area contributed by atoms with Gasteiger partial charge >= 0.3 is 0 Å². The van der Waals surface area contributed by atoms with Gasteiger partial charge in [-0.2, -0.15) is 0 Å². The van der Waals surface area contributed by atoms with Gasteiger partial charge in [0.15, 0.2) is 0 Å². The highest BCUT2D eigenvalue weighted by Crippen LogP contribution is 2.31. The first kappa shape index (κ1) is 12.7. The number of carbonyl (C=O) groups excluding carboxylic acids is 1. The van der Waals surface area contributed by atoms with Crippen molar-refractivity contribution >= 4 is 44.8 Å². The van der Waals surface area contributed by atoms with Crippen LogP contribution < -0.4 is 5.32 Å². The normalized spacial score (nSPS) is 10.0. The van der Waals surface area contributed by atoms with E-state index in [2.05, 4.69) is 12.2 Å². The quantitative estimate of drug-likeness (QED) is 0.648. The highest BCUT2D eigenvalue weighted by atomic mass is 35.5. The summed E-state index contributed by atoms with van der Waals surface area (Å²) in [5.41, 5.74) is 0.794. The molecule has 82 valence electrons. The van der Waals surface area contributed by atoms with E-state index in [1.54, 1.807) is 21.6 Å². The molecule has 1 aromatic carbocycles. The molecule has 2 nitrogen and oxygen atoms in total. The Labute approximate surface area is 103 Å². The summed E-state index contributed by atoms with van der Waals surface area (Å²) in [5, 5.41) is 2.71. The number of amides is 1. The van der Waals surface area contributed by atoms with Crippen molar-refractivity contribution in [3.05, 3.63) is 24.3 Å². The van der Waals surface area contributed by atoms with Gasteiger partial charge in [-0.3, -0.25) is 4.79 Å². The standard InChI is InChI=1S/C10H12ClNOS2/c1-2-14-15-9-5-3-4-8(6-9)12-10(13)7-11/h3-6H,2,7H2,1H3,(H,12,13). The van der Waals surface area contributed by atoms with Crippen LogP contribution in [0, 0.1) is 0 Å². The monoisotopic (exact) mass is 261 g/mol. The second-order valence-corrected chi connectivity index (χ2v) is 5.62. The number of rotatable bonds is 5. The van der Waals surface area contributed by atoms with Gasteiger partial charge in [0, 0.05) is 16.3 Å². The summed E-state index contributed by atoms with van der Waals surface area (Å²) in [7, 11) is 3.47. The Morgan fingerprint density at radius 2 is 2.33 bits per heavy atom. The second-order valence-electron chi connectivity index (χ2n) is 2.70. The highest BCUT2D eigenvalue weighted by Gasteiger charge is 2.01. The summed E-state index contributed by atoms with van der Waals surface area (Å²) in [6.07, 6.45) is 0. The Bertz CT molecular complexity index is 333. The molecule has 5 heteroatoms. The van der Waals surface area contributed by atoms with Crippen LogP contribution in [0.1, 0.15) is 6.92 Å². The maximum atomic E-state index is 11.1. The Morgan fingerprint density at radius 1 is 1.53 bits per heavy atom. The molecule has 1 aromatic rings. The van der Waals surface area contributed by atoms with Crippen molar-refractivity contribution in [1.82, 2.24) is 0 Å². The lowest BCUT2D eigenvalue weighted by molar-refractivity contribution is -0.113. The van der Waals surface area contributed by atoms with E-state index >= 15 is 0 Å². The number of anilines is 1. The first-order chi connectivity index (χ1) is 7.26. The van der Waals surface area contributed by atoms with Crippen LogP contribution in [0.2, 0.25) is 0 Å². The molecule has 0 aliphatic carbocycles. The smallest absolute Gasteiger partial charge is 0.239 e. The van der Waals surface area contributed by atoms with E-state index < -0.39 is 0 Å². The summed E-state index contributed by atoms with van der Waals surface area (Å²) < 4.78 is 0. The topological polar surface area (TPSA) is 29.1 Å². The number of hydrogen-bond donors (Lipinski definition) is 1. The zero-order valence-electron chi connectivity index (χ0n) is 8.33. The van der Waals surface area contributed by atoms with Gasteiger partial charge in [-0.1, -0.05) is 34.6 Å². The van der Waals surface area contributed by atoms with Crippen LogP contribution in [0.5, 0.6) is 0 Å². The van der Waals surface area contributed by atoms with E-state index in [0.29, 0.717) is 0 Å². The minimum absolute atomic E-state index is 0.0128. The average Bonchev–Trinajstić information content (AvgIpc) is 2.26. The van der Waals surface area contributed by atoms with Crippen molar-refractivity contribution in [3.8, 4) is 0 Å². The van der Waals surface area contributed by atoms with Crippen LogP contribution in [-0.2, 0) is 4.79 Å². The summed E-state index contributed by atoms with van der Waals surface area (Å²) in [4.78, 5) is 12.2. The fourth-order valence-corrected chi connectivity index (χ4v) is 2.65. The maximum absolute atomic E-state index is 11.1. The summed E-state index contributed by atoms with van der Waals surface area (Å²) in [6, 6.07) is 7.73. The van der Waals surface area contributed by atoms with Gasteiger partial charge in [0.25, 0.3) is 0 Å². The van der Waals surface area contributed by atoms with Gasteiger partial charge in [-0.05, 0) is 18.2 Å². The Kier molecular flexibility index (Phi) is 5.98. The third kappa shape index (κ3) is 4.82. The molecule has 0 aliphatic heterocycles. The van der Waals surface area contributed by atoms with Crippen LogP contribution in [0.3, 0.4) is 0 Å². The third-order valence-corrected chi connectivity index (χ3v) is 4.19. The first-order valence-corrected chi connectivity index (χ1v) is 7.37. The number of hydrogen-bond acceptors (Lipinski definition) is 3. The SMILES string of the molecule is CCSSc1cccc(NC(=O)CCl)c1. The van der Waals surface area contributed by atoms with Gasteiger partial charge in [-0.15, -0.1) is 11.6 Å². The average molecular weight is 262 g/mol. The molecule has 0 radical (unpaired) electrons. The molecular formula is C10H12ClNOS2. The molecule has 1 rings (SSSR count). The van der Waals surface area contributed by atoms with Gasteiger partial charge in [-0.25, -0.2) is 0 Å². The van der Waals surface area contributed by atoms with E-state index in [1.807, 2.05) is 24.3 Å². The predicted molar refractivity (Wildman–Crippen MR) is 69.8 cm³/mol. The van der Waals surface area contributed by atoms with E-state index in [-0.39, 0.29) is 11.8 Å². The number of benzene rings is 1. The number of carbonyl (C=O) groups is 1. The van der Waals surface area contributed by atoms with Gasteiger partial charge in [0.2, 0.25) is 5.91 Å². The van der Waals surface area contributed by atoms with E-state index in [4.69, 9.17) is 11.6 Å². The molecule has 0 unspecified atom stereocenters. The molecule has 0 heterocycles. The fourth-order valence-electron chi connectivity index (χ4n) is 0.947. The lowest BCUT2D eigenvalue weighted by Crippen LogP contribution is -2.12. The van der Waals surface area contributed by atoms with Crippen LogP contribution in [-0.4, -0.2) is 17.5 Å². The zero-order valence-corrected chi connectivity index (χ0v) is 10.7. The first-order valence-electron chi connectivity index (χ1n) is 4.51. The highest BCUT2D eigenvalue weighted by molar-refractivity contribution is 8.76.